The molecule has 0 aliphatic carbocycles. The van der Waals surface area contributed by atoms with Gasteiger partial charge in [-0.1, -0.05) is 69.3 Å². The van der Waals surface area contributed by atoms with Crippen LogP contribution in [0, 0.1) is 0 Å². The average molecular weight is 238 g/mol. The summed E-state index contributed by atoms with van der Waals surface area (Å²) in [5, 5.41) is 0. The van der Waals surface area contributed by atoms with E-state index in [4.69, 9.17) is 0 Å². The zero-order valence-electron chi connectivity index (χ0n) is 11.1. The van der Waals surface area contributed by atoms with Crippen LogP contribution in [-0.2, 0) is 5.41 Å². The summed E-state index contributed by atoms with van der Waals surface area (Å²) < 4.78 is 0. The fourth-order valence-corrected chi connectivity index (χ4v) is 1.92. The van der Waals surface area contributed by atoms with Crippen LogP contribution in [0.4, 0.5) is 0 Å². The molecule has 0 bridgehead atoms. The predicted molar refractivity (Wildman–Crippen MR) is 76.0 cm³/mol. The molecule has 0 heterocycles. The monoisotopic (exact) mass is 238 g/mol. The smallest absolute Gasteiger partial charge is 0.150 e. The fourth-order valence-electron chi connectivity index (χ4n) is 1.92. The van der Waals surface area contributed by atoms with E-state index in [9.17, 15) is 4.79 Å². The standard InChI is InChI=1S/C17H18O/c1-17(2,3)16-10-8-15(9-11-16)14-6-4-13(12-18)5-7-14/h4-12H,1-3H3. The molecule has 92 valence electrons. The van der Waals surface area contributed by atoms with Crippen LogP contribution < -0.4 is 0 Å². The van der Waals surface area contributed by atoms with Gasteiger partial charge in [0.1, 0.15) is 6.29 Å². The van der Waals surface area contributed by atoms with Gasteiger partial charge in [0.25, 0.3) is 0 Å². The van der Waals surface area contributed by atoms with Gasteiger partial charge in [0.2, 0.25) is 0 Å². The van der Waals surface area contributed by atoms with Gasteiger partial charge in [0, 0.05) is 5.56 Å². The highest BCUT2D eigenvalue weighted by molar-refractivity contribution is 5.76. The molecule has 0 radical (unpaired) electrons. The summed E-state index contributed by atoms with van der Waals surface area (Å²) in [5.74, 6) is 0. The summed E-state index contributed by atoms with van der Waals surface area (Å²) in [6, 6.07) is 16.3. The molecule has 0 spiro atoms. The Balaban J connectivity index is 2.31. The summed E-state index contributed by atoms with van der Waals surface area (Å²) >= 11 is 0. The molecular formula is C17H18O. The molecule has 0 saturated heterocycles. The molecule has 0 fully saturated rings. The zero-order valence-corrected chi connectivity index (χ0v) is 11.1. The third-order valence-electron chi connectivity index (χ3n) is 3.13. The minimum atomic E-state index is 0.180. The summed E-state index contributed by atoms with van der Waals surface area (Å²) in [6.45, 7) is 6.63. The molecule has 18 heavy (non-hydrogen) atoms. The van der Waals surface area contributed by atoms with Crippen LogP contribution in [0.3, 0.4) is 0 Å². The Morgan fingerprint density at radius 3 is 1.61 bits per heavy atom. The Morgan fingerprint density at radius 2 is 1.22 bits per heavy atom. The highest BCUT2D eigenvalue weighted by atomic mass is 16.1. The highest BCUT2D eigenvalue weighted by Crippen LogP contribution is 2.26. The molecule has 1 heteroatoms. The van der Waals surface area contributed by atoms with Crippen LogP contribution in [-0.4, -0.2) is 6.29 Å². The van der Waals surface area contributed by atoms with E-state index in [0.717, 1.165) is 11.8 Å². The second kappa shape index (κ2) is 4.77. The quantitative estimate of drug-likeness (QED) is 0.706. The average Bonchev–Trinajstić information content (AvgIpc) is 2.38. The van der Waals surface area contributed by atoms with Gasteiger partial charge in [0.05, 0.1) is 0 Å². The van der Waals surface area contributed by atoms with Gasteiger partial charge in [-0.25, -0.2) is 0 Å². The predicted octanol–water partition coefficient (Wildman–Crippen LogP) is 4.46. The maximum atomic E-state index is 10.6. The van der Waals surface area contributed by atoms with Crippen molar-refractivity contribution in [1.82, 2.24) is 0 Å². The van der Waals surface area contributed by atoms with E-state index in [1.807, 2.05) is 24.3 Å². The first-order valence-electron chi connectivity index (χ1n) is 6.17. The van der Waals surface area contributed by atoms with Crippen LogP contribution in [0.5, 0.6) is 0 Å². The second-order valence-corrected chi connectivity index (χ2v) is 5.57. The molecule has 0 atom stereocenters. The Kier molecular flexibility index (Phi) is 3.33. The van der Waals surface area contributed by atoms with E-state index in [2.05, 4.69) is 45.0 Å². The van der Waals surface area contributed by atoms with Crippen LogP contribution >= 0.6 is 0 Å². The van der Waals surface area contributed by atoms with Crippen molar-refractivity contribution in [2.75, 3.05) is 0 Å². The number of rotatable bonds is 2. The minimum absolute atomic E-state index is 0.180. The SMILES string of the molecule is CC(C)(C)c1ccc(-c2ccc(C=O)cc2)cc1. The third kappa shape index (κ3) is 2.67. The van der Waals surface area contributed by atoms with E-state index >= 15 is 0 Å². The lowest BCUT2D eigenvalue weighted by Crippen LogP contribution is -2.10. The highest BCUT2D eigenvalue weighted by Gasteiger charge is 2.12. The van der Waals surface area contributed by atoms with E-state index in [1.54, 1.807) is 0 Å². The largest absolute Gasteiger partial charge is 0.298 e. The van der Waals surface area contributed by atoms with Crippen LogP contribution in [0.15, 0.2) is 48.5 Å². The number of hydrogen-bond acceptors (Lipinski definition) is 1. The molecule has 0 N–H and O–H groups in total. The summed E-state index contributed by atoms with van der Waals surface area (Å²) in [5.41, 5.74) is 4.54. The third-order valence-corrected chi connectivity index (χ3v) is 3.13. The first kappa shape index (κ1) is 12.6. The Labute approximate surface area is 108 Å². The maximum absolute atomic E-state index is 10.6. The Morgan fingerprint density at radius 1 is 0.778 bits per heavy atom. The van der Waals surface area contributed by atoms with Gasteiger partial charge in [-0.3, -0.25) is 4.79 Å². The lowest BCUT2D eigenvalue weighted by atomic mass is 9.86. The summed E-state index contributed by atoms with van der Waals surface area (Å²) in [4.78, 5) is 10.6. The van der Waals surface area contributed by atoms with Crippen molar-refractivity contribution in [2.45, 2.75) is 26.2 Å². The maximum Gasteiger partial charge on any atom is 0.150 e. The van der Waals surface area contributed by atoms with Crippen molar-refractivity contribution in [3.05, 3.63) is 59.7 Å². The van der Waals surface area contributed by atoms with E-state index in [1.165, 1.54) is 11.1 Å². The molecule has 0 unspecified atom stereocenters. The fraction of sp³-hybridized carbons (Fsp3) is 0.235. The Bertz CT molecular complexity index is 527. The van der Waals surface area contributed by atoms with Gasteiger partial charge < -0.3 is 0 Å². The lowest BCUT2D eigenvalue weighted by molar-refractivity contribution is 0.112. The van der Waals surface area contributed by atoms with Crippen molar-refractivity contribution < 1.29 is 4.79 Å². The Hall–Kier alpha value is -1.89. The van der Waals surface area contributed by atoms with Crippen LogP contribution in [0.1, 0.15) is 36.7 Å². The lowest BCUT2D eigenvalue weighted by Gasteiger charge is -2.19. The second-order valence-electron chi connectivity index (χ2n) is 5.57. The minimum Gasteiger partial charge on any atom is -0.298 e. The molecule has 0 saturated carbocycles. The van der Waals surface area contributed by atoms with Crippen molar-refractivity contribution >= 4 is 6.29 Å². The number of hydrogen-bond donors (Lipinski definition) is 0. The summed E-state index contributed by atoms with van der Waals surface area (Å²) in [7, 11) is 0. The molecule has 2 rings (SSSR count). The molecular weight excluding hydrogens is 220 g/mol. The summed E-state index contributed by atoms with van der Waals surface area (Å²) in [6.07, 6.45) is 0.868. The van der Waals surface area contributed by atoms with E-state index < -0.39 is 0 Å². The first-order valence-corrected chi connectivity index (χ1v) is 6.17. The van der Waals surface area contributed by atoms with Gasteiger partial charge in [-0.15, -0.1) is 0 Å². The van der Waals surface area contributed by atoms with Crippen molar-refractivity contribution in [3.63, 3.8) is 0 Å². The van der Waals surface area contributed by atoms with Crippen molar-refractivity contribution in [1.29, 1.82) is 0 Å². The van der Waals surface area contributed by atoms with Crippen molar-refractivity contribution in [2.24, 2.45) is 0 Å². The van der Waals surface area contributed by atoms with Gasteiger partial charge in [0.15, 0.2) is 0 Å². The topological polar surface area (TPSA) is 17.1 Å². The first-order chi connectivity index (χ1) is 8.50. The molecule has 2 aromatic carbocycles. The van der Waals surface area contributed by atoms with Crippen molar-refractivity contribution in [3.8, 4) is 11.1 Å². The normalized spacial score (nSPS) is 11.3. The van der Waals surface area contributed by atoms with Gasteiger partial charge in [-0.2, -0.15) is 0 Å². The number of carbonyl (C=O) groups excluding carboxylic acids is 1. The van der Waals surface area contributed by atoms with Gasteiger partial charge >= 0.3 is 0 Å². The number of carbonyl (C=O) groups is 1. The molecule has 2 aromatic rings. The van der Waals surface area contributed by atoms with E-state index in [0.29, 0.717) is 5.56 Å². The molecule has 0 aromatic heterocycles. The number of aldehydes is 1. The van der Waals surface area contributed by atoms with Crippen LogP contribution in [0.2, 0.25) is 0 Å². The molecule has 0 amide bonds. The molecule has 0 aliphatic rings. The molecule has 1 nitrogen and oxygen atoms in total. The number of benzene rings is 2. The van der Waals surface area contributed by atoms with E-state index in [-0.39, 0.29) is 5.41 Å². The van der Waals surface area contributed by atoms with Gasteiger partial charge in [-0.05, 0) is 22.1 Å². The van der Waals surface area contributed by atoms with Crippen LogP contribution in [0.25, 0.3) is 11.1 Å². The zero-order chi connectivity index (χ0) is 13.2. The molecule has 0 aliphatic heterocycles.